The third kappa shape index (κ3) is 5.47. The summed E-state index contributed by atoms with van der Waals surface area (Å²) in [6.07, 6.45) is -3.16. The molecule has 0 unspecified atom stereocenters. The van der Waals surface area contributed by atoms with E-state index in [0.29, 0.717) is 5.56 Å². The molecule has 1 N–H and O–H groups in total. The van der Waals surface area contributed by atoms with Gasteiger partial charge in [0.1, 0.15) is 12.3 Å². The number of hydrogen-bond donors (Lipinski definition) is 1. The Kier molecular flexibility index (Phi) is 6.16. The average molecular weight is 363 g/mol. The third-order valence-corrected chi connectivity index (χ3v) is 3.32. The van der Waals surface area contributed by atoms with Crippen LogP contribution in [0.15, 0.2) is 60.3 Å². The fourth-order valence-corrected chi connectivity index (χ4v) is 2.20. The van der Waals surface area contributed by atoms with Crippen LogP contribution in [0.4, 0.5) is 13.2 Å². The number of rotatable bonds is 5. The van der Waals surface area contributed by atoms with Crippen molar-refractivity contribution in [1.82, 2.24) is 5.32 Å². The monoisotopic (exact) mass is 363 g/mol. The molecule has 0 bridgehead atoms. The minimum atomic E-state index is -4.55. The van der Waals surface area contributed by atoms with Gasteiger partial charge in [-0.1, -0.05) is 48.5 Å². The van der Waals surface area contributed by atoms with Crippen LogP contribution in [0.5, 0.6) is 0 Å². The number of carbonyl (C=O) groups is 2. The number of benzene rings is 2. The Morgan fingerprint density at radius 1 is 1.04 bits per heavy atom. The highest BCUT2D eigenvalue weighted by Crippen LogP contribution is 2.32. The zero-order valence-corrected chi connectivity index (χ0v) is 13.8. The number of halogens is 3. The van der Waals surface area contributed by atoms with Crippen molar-refractivity contribution in [2.75, 3.05) is 0 Å². The molecule has 2 aromatic carbocycles. The van der Waals surface area contributed by atoms with Crippen molar-refractivity contribution in [3.05, 3.63) is 77.0 Å². The van der Waals surface area contributed by atoms with Gasteiger partial charge < -0.3 is 10.1 Å². The van der Waals surface area contributed by atoms with Crippen LogP contribution in [0, 0.1) is 0 Å². The van der Waals surface area contributed by atoms with Crippen LogP contribution in [-0.2, 0) is 27.1 Å². The van der Waals surface area contributed by atoms with Gasteiger partial charge in [0.15, 0.2) is 0 Å². The first-order valence-electron chi connectivity index (χ1n) is 7.64. The van der Waals surface area contributed by atoms with Gasteiger partial charge in [0.2, 0.25) is 5.91 Å². The van der Waals surface area contributed by atoms with Gasteiger partial charge in [0.05, 0.1) is 5.56 Å². The van der Waals surface area contributed by atoms with Gasteiger partial charge in [0.25, 0.3) is 0 Å². The minimum absolute atomic E-state index is 0.159. The second kappa shape index (κ2) is 8.33. The summed E-state index contributed by atoms with van der Waals surface area (Å²) in [6, 6.07) is 13.5. The number of hydrogen-bond acceptors (Lipinski definition) is 3. The molecule has 0 heterocycles. The first-order chi connectivity index (χ1) is 12.3. The Bertz CT molecular complexity index is 814. The van der Waals surface area contributed by atoms with Gasteiger partial charge in [-0.05, 0) is 17.7 Å². The van der Waals surface area contributed by atoms with Crippen molar-refractivity contribution in [1.29, 1.82) is 0 Å². The molecule has 7 heteroatoms. The fraction of sp³-hybridized carbons (Fsp3) is 0.158. The van der Waals surface area contributed by atoms with E-state index in [4.69, 9.17) is 4.74 Å². The second-order valence-corrected chi connectivity index (χ2v) is 5.38. The molecule has 0 fully saturated rings. The minimum Gasteiger partial charge on any atom is -0.456 e. The van der Waals surface area contributed by atoms with Crippen molar-refractivity contribution < 1.29 is 27.5 Å². The first-order valence-corrected chi connectivity index (χ1v) is 7.64. The van der Waals surface area contributed by atoms with Crippen LogP contribution in [0.2, 0.25) is 0 Å². The topological polar surface area (TPSA) is 55.4 Å². The zero-order chi connectivity index (χ0) is 19.2. The van der Waals surface area contributed by atoms with Crippen molar-refractivity contribution >= 4 is 18.0 Å². The van der Waals surface area contributed by atoms with E-state index in [9.17, 15) is 22.8 Å². The van der Waals surface area contributed by atoms with E-state index in [1.165, 1.54) is 31.2 Å². The lowest BCUT2D eigenvalue weighted by Gasteiger charge is -2.14. The van der Waals surface area contributed by atoms with E-state index in [1.807, 2.05) is 0 Å². The van der Waals surface area contributed by atoms with E-state index < -0.39 is 30.2 Å². The van der Waals surface area contributed by atoms with Crippen LogP contribution in [-0.4, -0.2) is 11.9 Å². The molecule has 26 heavy (non-hydrogen) atoms. The lowest BCUT2D eigenvalue weighted by molar-refractivity contribution is -0.145. The van der Waals surface area contributed by atoms with Crippen LogP contribution < -0.4 is 5.32 Å². The molecule has 136 valence electrons. The fourth-order valence-electron chi connectivity index (χ4n) is 2.20. The summed E-state index contributed by atoms with van der Waals surface area (Å²) in [5, 5.41) is 2.33. The van der Waals surface area contributed by atoms with Gasteiger partial charge in [-0.2, -0.15) is 13.2 Å². The van der Waals surface area contributed by atoms with Crippen molar-refractivity contribution in [2.24, 2.45) is 0 Å². The van der Waals surface area contributed by atoms with Crippen LogP contribution in [0.25, 0.3) is 6.08 Å². The molecule has 0 aliphatic heterocycles. The largest absolute Gasteiger partial charge is 0.456 e. The molecule has 0 saturated carbocycles. The van der Waals surface area contributed by atoms with Crippen LogP contribution >= 0.6 is 0 Å². The van der Waals surface area contributed by atoms with Crippen LogP contribution in [0.1, 0.15) is 23.6 Å². The van der Waals surface area contributed by atoms with Gasteiger partial charge >= 0.3 is 12.1 Å². The smallest absolute Gasteiger partial charge is 0.416 e. The van der Waals surface area contributed by atoms with Gasteiger partial charge in [-0.3, -0.25) is 4.79 Å². The van der Waals surface area contributed by atoms with Gasteiger partial charge in [-0.15, -0.1) is 0 Å². The molecule has 4 nitrogen and oxygen atoms in total. The highest BCUT2D eigenvalue weighted by atomic mass is 19.4. The predicted molar refractivity (Wildman–Crippen MR) is 89.5 cm³/mol. The molecular weight excluding hydrogens is 347 g/mol. The highest BCUT2D eigenvalue weighted by molar-refractivity contribution is 5.97. The van der Waals surface area contributed by atoms with E-state index in [1.54, 1.807) is 30.3 Å². The Balaban J connectivity index is 2.19. The lowest BCUT2D eigenvalue weighted by atomic mass is 10.1. The maximum atomic E-state index is 13.0. The Labute approximate surface area is 148 Å². The number of ether oxygens (including phenoxy) is 1. The Hall–Kier alpha value is -3.09. The maximum absolute atomic E-state index is 13.0. The van der Waals surface area contributed by atoms with Gasteiger partial charge in [0, 0.05) is 12.5 Å². The molecular formula is C19H16F3NO3. The molecule has 2 rings (SSSR count). The molecule has 0 spiro atoms. The van der Waals surface area contributed by atoms with E-state index in [-0.39, 0.29) is 11.3 Å². The molecule has 0 aliphatic carbocycles. The Morgan fingerprint density at radius 2 is 1.65 bits per heavy atom. The molecule has 0 aliphatic rings. The number of amides is 1. The summed E-state index contributed by atoms with van der Waals surface area (Å²) in [5.41, 5.74) is -0.576. The summed E-state index contributed by atoms with van der Waals surface area (Å²) in [6.45, 7) is 0.644. The molecule has 0 aromatic heterocycles. The molecule has 0 radical (unpaired) electrons. The average Bonchev–Trinajstić information content (AvgIpc) is 2.59. The van der Waals surface area contributed by atoms with Gasteiger partial charge in [-0.25, -0.2) is 4.79 Å². The molecule has 0 atom stereocenters. The number of esters is 1. The SMILES string of the molecule is CC(=O)N/C(=C\c1ccccc1)C(=O)OCc1ccccc1C(F)(F)F. The van der Waals surface area contributed by atoms with Crippen molar-refractivity contribution in [3.8, 4) is 0 Å². The van der Waals surface area contributed by atoms with Crippen LogP contribution in [0.3, 0.4) is 0 Å². The summed E-state index contributed by atoms with van der Waals surface area (Å²) in [4.78, 5) is 23.5. The molecule has 0 saturated heterocycles. The quantitative estimate of drug-likeness (QED) is 0.647. The van der Waals surface area contributed by atoms with Crippen molar-refractivity contribution in [2.45, 2.75) is 19.7 Å². The summed E-state index contributed by atoms with van der Waals surface area (Å²) >= 11 is 0. The Morgan fingerprint density at radius 3 is 2.27 bits per heavy atom. The normalized spacial score (nSPS) is 11.8. The number of nitrogens with one attached hydrogen (secondary N) is 1. The zero-order valence-electron chi connectivity index (χ0n) is 13.8. The van der Waals surface area contributed by atoms with E-state index in [0.717, 1.165) is 6.07 Å². The summed E-state index contributed by atoms with van der Waals surface area (Å²) in [5.74, 6) is -1.43. The summed E-state index contributed by atoms with van der Waals surface area (Å²) in [7, 11) is 0. The van der Waals surface area contributed by atoms with E-state index in [2.05, 4.69) is 5.32 Å². The maximum Gasteiger partial charge on any atom is 0.416 e. The molecule has 2 aromatic rings. The molecule has 1 amide bonds. The number of carbonyl (C=O) groups excluding carboxylic acids is 2. The first kappa shape index (κ1) is 19.2. The predicted octanol–water partition coefficient (Wildman–Crippen LogP) is 3.93. The number of alkyl halides is 3. The second-order valence-electron chi connectivity index (χ2n) is 5.38. The van der Waals surface area contributed by atoms with E-state index >= 15 is 0 Å². The highest BCUT2D eigenvalue weighted by Gasteiger charge is 2.33. The summed E-state index contributed by atoms with van der Waals surface area (Å²) < 4.78 is 43.9. The third-order valence-electron chi connectivity index (χ3n) is 3.32. The lowest BCUT2D eigenvalue weighted by Crippen LogP contribution is -2.26. The standard InChI is InChI=1S/C19H16F3NO3/c1-13(24)23-17(11-14-7-3-2-4-8-14)18(25)26-12-15-9-5-6-10-16(15)19(20,21)22/h2-11H,12H2,1H3,(H,23,24)/b17-11-. The van der Waals surface area contributed by atoms with Crippen molar-refractivity contribution in [3.63, 3.8) is 0 Å².